The van der Waals surface area contributed by atoms with E-state index < -0.39 is 5.60 Å². The minimum atomic E-state index is -0.570. The Morgan fingerprint density at radius 1 is 1.14 bits per heavy atom. The molecule has 2 aromatic heterocycles. The Kier molecular flexibility index (Phi) is 6.58. The first-order valence-corrected chi connectivity index (χ1v) is 13.4. The quantitative estimate of drug-likeness (QED) is 0.469. The smallest absolute Gasteiger partial charge is 0.338 e. The molecule has 0 bridgehead atoms. The van der Waals surface area contributed by atoms with E-state index in [4.69, 9.17) is 9.47 Å². The number of hydrogen-bond acceptors (Lipinski definition) is 7. The molecule has 7 nitrogen and oxygen atoms in total. The Morgan fingerprint density at radius 2 is 1.89 bits per heavy atom. The molecular weight excluding hydrogens is 486 g/mol. The molecule has 1 aromatic carbocycles. The van der Waals surface area contributed by atoms with E-state index in [1.54, 1.807) is 23.6 Å². The Hall–Kier alpha value is -3.23. The van der Waals surface area contributed by atoms with E-state index in [2.05, 4.69) is 35.1 Å². The molecule has 0 saturated carbocycles. The summed E-state index contributed by atoms with van der Waals surface area (Å²) in [6, 6.07) is 11.4. The molecule has 0 spiro atoms. The Labute approximate surface area is 221 Å². The van der Waals surface area contributed by atoms with Crippen LogP contribution in [0.4, 0.5) is 5.00 Å². The maximum atomic E-state index is 13.1. The number of anilines is 1. The number of pyridine rings is 1. The van der Waals surface area contributed by atoms with E-state index >= 15 is 0 Å². The predicted molar refractivity (Wildman–Crippen MR) is 146 cm³/mol. The monoisotopic (exact) mass is 519 g/mol. The standard InChI is InChI=1S/C29H33N3O4S/c1-28(2,3)36-27(34)20-8-6-7-18(15-20)22-16-19(9-10-30-22)23-21-17-29(4,5)31-25(33)24(21)37-26(23)32-11-13-35-14-12-32/h6-10,15-16H,11-14,17H2,1-5H3,(H,31,33). The van der Waals surface area contributed by atoms with Crippen LogP contribution < -0.4 is 10.2 Å². The Morgan fingerprint density at radius 3 is 2.62 bits per heavy atom. The molecule has 37 heavy (non-hydrogen) atoms. The Bertz CT molecular complexity index is 1350. The van der Waals surface area contributed by atoms with Crippen molar-refractivity contribution in [2.75, 3.05) is 31.2 Å². The van der Waals surface area contributed by atoms with Crippen molar-refractivity contribution < 1.29 is 19.1 Å². The van der Waals surface area contributed by atoms with E-state index in [1.165, 1.54) is 0 Å². The molecule has 0 atom stereocenters. The lowest BCUT2D eigenvalue weighted by Gasteiger charge is -2.31. The first kappa shape index (κ1) is 25.4. The first-order valence-electron chi connectivity index (χ1n) is 12.6. The van der Waals surface area contributed by atoms with Gasteiger partial charge in [-0.3, -0.25) is 9.78 Å². The highest BCUT2D eigenvalue weighted by Crippen LogP contribution is 2.46. The molecule has 3 aromatic rings. The van der Waals surface area contributed by atoms with Crippen LogP contribution in [0.1, 0.15) is 60.2 Å². The van der Waals surface area contributed by atoms with Crippen LogP contribution in [0, 0.1) is 0 Å². The molecule has 0 aliphatic carbocycles. The fourth-order valence-electron chi connectivity index (χ4n) is 4.83. The van der Waals surface area contributed by atoms with Crippen molar-refractivity contribution in [1.29, 1.82) is 0 Å². The fraction of sp³-hybridized carbons (Fsp3) is 0.414. The number of aromatic nitrogens is 1. The van der Waals surface area contributed by atoms with E-state index in [1.807, 2.05) is 45.0 Å². The molecule has 2 aliphatic rings. The second-order valence-electron chi connectivity index (χ2n) is 11.2. The van der Waals surface area contributed by atoms with Crippen LogP contribution in [0.15, 0.2) is 42.6 Å². The topological polar surface area (TPSA) is 80.8 Å². The minimum Gasteiger partial charge on any atom is -0.456 e. The summed E-state index contributed by atoms with van der Waals surface area (Å²) in [6.07, 6.45) is 2.54. The highest BCUT2D eigenvalue weighted by atomic mass is 32.1. The van der Waals surface area contributed by atoms with Crippen molar-refractivity contribution in [3.05, 3.63) is 58.6 Å². The molecule has 194 valence electrons. The van der Waals surface area contributed by atoms with Crippen molar-refractivity contribution in [1.82, 2.24) is 10.3 Å². The van der Waals surface area contributed by atoms with Gasteiger partial charge in [0.25, 0.3) is 5.91 Å². The number of hydrogen-bond donors (Lipinski definition) is 1. The van der Waals surface area contributed by atoms with Crippen LogP contribution in [-0.4, -0.2) is 54.3 Å². The van der Waals surface area contributed by atoms with Crippen LogP contribution >= 0.6 is 11.3 Å². The van der Waals surface area contributed by atoms with Gasteiger partial charge in [0, 0.05) is 36.0 Å². The van der Waals surface area contributed by atoms with Gasteiger partial charge < -0.3 is 19.7 Å². The number of esters is 1. The second-order valence-corrected chi connectivity index (χ2v) is 12.2. The van der Waals surface area contributed by atoms with E-state index in [0.717, 1.165) is 57.3 Å². The van der Waals surface area contributed by atoms with Crippen LogP contribution in [-0.2, 0) is 15.9 Å². The molecule has 0 radical (unpaired) electrons. The fourth-order valence-corrected chi connectivity index (χ4v) is 6.12. The molecule has 1 N–H and O–H groups in total. The number of carbonyl (C=O) groups excluding carboxylic acids is 2. The highest BCUT2D eigenvalue weighted by Gasteiger charge is 2.36. The summed E-state index contributed by atoms with van der Waals surface area (Å²) in [5, 5.41) is 4.25. The van der Waals surface area contributed by atoms with Crippen LogP contribution in [0.5, 0.6) is 0 Å². The number of amides is 1. The normalized spacial score (nSPS) is 17.2. The van der Waals surface area contributed by atoms with Gasteiger partial charge in [0.05, 0.1) is 29.3 Å². The van der Waals surface area contributed by atoms with Crippen LogP contribution in [0.2, 0.25) is 0 Å². The summed E-state index contributed by atoms with van der Waals surface area (Å²) in [7, 11) is 0. The molecule has 2 aliphatic heterocycles. The number of fused-ring (bicyclic) bond motifs is 1. The van der Waals surface area contributed by atoms with Gasteiger partial charge in [0.15, 0.2) is 0 Å². The third kappa shape index (κ3) is 5.40. The summed E-state index contributed by atoms with van der Waals surface area (Å²) < 4.78 is 11.2. The maximum absolute atomic E-state index is 13.1. The number of thiophene rings is 1. The number of benzene rings is 1. The Balaban J connectivity index is 1.58. The summed E-state index contributed by atoms with van der Waals surface area (Å²) >= 11 is 1.56. The second kappa shape index (κ2) is 9.58. The largest absolute Gasteiger partial charge is 0.456 e. The van der Waals surface area contributed by atoms with Gasteiger partial charge in [-0.25, -0.2) is 4.79 Å². The van der Waals surface area contributed by atoms with E-state index in [-0.39, 0.29) is 17.4 Å². The molecule has 1 saturated heterocycles. The predicted octanol–water partition coefficient (Wildman–Crippen LogP) is 5.33. The number of morpholine rings is 1. The highest BCUT2D eigenvalue weighted by molar-refractivity contribution is 7.19. The molecule has 8 heteroatoms. The SMILES string of the molecule is CC1(C)Cc2c(sc(N3CCOCC3)c2-c2ccnc(-c3cccc(C(=O)OC(C)(C)C)c3)c2)C(=O)N1. The van der Waals surface area contributed by atoms with E-state index in [0.29, 0.717) is 18.8 Å². The summed E-state index contributed by atoms with van der Waals surface area (Å²) in [5.41, 5.74) is 4.36. The molecule has 4 heterocycles. The van der Waals surface area contributed by atoms with Gasteiger partial charge in [-0.2, -0.15) is 0 Å². The van der Waals surface area contributed by atoms with Gasteiger partial charge in [-0.05, 0) is 76.4 Å². The lowest BCUT2D eigenvalue weighted by molar-refractivity contribution is 0.00694. The number of carbonyl (C=O) groups is 2. The lowest BCUT2D eigenvalue weighted by Crippen LogP contribution is -2.48. The molecular formula is C29H33N3O4S. The van der Waals surface area contributed by atoms with Crippen molar-refractivity contribution in [3.8, 4) is 22.4 Å². The third-order valence-electron chi connectivity index (χ3n) is 6.41. The molecule has 5 rings (SSSR count). The zero-order valence-corrected chi connectivity index (χ0v) is 22.8. The van der Waals surface area contributed by atoms with Gasteiger partial charge in [-0.15, -0.1) is 11.3 Å². The zero-order chi connectivity index (χ0) is 26.4. The number of rotatable bonds is 4. The van der Waals surface area contributed by atoms with Crippen molar-refractivity contribution >= 4 is 28.2 Å². The first-order chi connectivity index (χ1) is 17.5. The number of ether oxygens (including phenoxy) is 2. The molecule has 1 amide bonds. The van der Waals surface area contributed by atoms with Gasteiger partial charge in [0.2, 0.25) is 0 Å². The summed E-state index contributed by atoms with van der Waals surface area (Å²) in [5.74, 6) is -0.378. The maximum Gasteiger partial charge on any atom is 0.338 e. The van der Waals surface area contributed by atoms with Crippen LogP contribution in [0.3, 0.4) is 0 Å². The average molecular weight is 520 g/mol. The van der Waals surface area contributed by atoms with Gasteiger partial charge in [-0.1, -0.05) is 12.1 Å². The zero-order valence-electron chi connectivity index (χ0n) is 22.0. The number of nitrogens with one attached hydrogen (secondary N) is 1. The molecule has 1 fully saturated rings. The average Bonchev–Trinajstić information content (AvgIpc) is 3.22. The van der Waals surface area contributed by atoms with E-state index in [9.17, 15) is 9.59 Å². The minimum absolute atomic E-state index is 0.0173. The summed E-state index contributed by atoms with van der Waals surface area (Å²) in [6.45, 7) is 12.6. The van der Waals surface area contributed by atoms with Gasteiger partial charge >= 0.3 is 5.97 Å². The van der Waals surface area contributed by atoms with Crippen molar-refractivity contribution in [2.45, 2.75) is 52.2 Å². The summed E-state index contributed by atoms with van der Waals surface area (Å²) in [4.78, 5) is 33.5. The van der Waals surface area contributed by atoms with Crippen molar-refractivity contribution in [3.63, 3.8) is 0 Å². The third-order valence-corrected chi connectivity index (χ3v) is 7.70. The van der Waals surface area contributed by atoms with Crippen LogP contribution in [0.25, 0.3) is 22.4 Å². The molecule has 0 unspecified atom stereocenters. The number of nitrogens with zero attached hydrogens (tertiary/aromatic N) is 2. The van der Waals surface area contributed by atoms with Gasteiger partial charge in [0.1, 0.15) is 10.6 Å². The lowest BCUT2D eigenvalue weighted by atomic mass is 9.87. The van der Waals surface area contributed by atoms with Crippen molar-refractivity contribution in [2.24, 2.45) is 0 Å².